The third-order valence-corrected chi connectivity index (χ3v) is 3.85. The number of tetrazole rings is 1. The molecule has 2 aromatic carbocycles. The van der Waals surface area contributed by atoms with Gasteiger partial charge in [-0.05, 0) is 42.0 Å². The van der Waals surface area contributed by atoms with E-state index in [0.717, 1.165) is 10.2 Å². The van der Waals surface area contributed by atoms with Crippen molar-refractivity contribution in [3.05, 3.63) is 69.4 Å². The first-order chi connectivity index (χ1) is 11.5. The van der Waals surface area contributed by atoms with Crippen LogP contribution in [0.1, 0.15) is 16.7 Å². The van der Waals surface area contributed by atoms with Crippen molar-refractivity contribution in [2.75, 3.05) is 0 Å². The van der Waals surface area contributed by atoms with Crippen LogP contribution in [0.2, 0.25) is 0 Å². The SMILES string of the molecule is Cc1ccc(OCc2ccccc2-n2nnn(C)c2=O)c(C)c1F. The minimum atomic E-state index is -0.347. The molecule has 6 nitrogen and oxygen atoms in total. The fraction of sp³-hybridized carbons (Fsp3) is 0.235. The second-order valence-corrected chi connectivity index (χ2v) is 5.53. The summed E-state index contributed by atoms with van der Waals surface area (Å²) >= 11 is 0. The summed E-state index contributed by atoms with van der Waals surface area (Å²) in [5.41, 5.74) is 2.02. The van der Waals surface area contributed by atoms with E-state index in [1.165, 1.54) is 11.7 Å². The Kier molecular flexibility index (Phi) is 4.16. The number of nitrogens with zero attached hydrogens (tertiary/aromatic N) is 4. The lowest BCUT2D eigenvalue weighted by Crippen LogP contribution is -2.23. The Hall–Kier alpha value is -2.96. The summed E-state index contributed by atoms with van der Waals surface area (Å²) in [6, 6.07) is 10.7. The average molecular weight is 328 g/mol. The molecule has 0 atom stereocenters. The van der Waals surface area contributed by atoms with E-state index in [1.54, 1.807) is 38.1 Å². The van der Waals surface area contributed by atoms with Crippen molar-refractivity contribution in [2.24, 2.45) is 7.05 Å². The minimum absolute atomic E-state index is 0.183. The number of para-hydroxylation sites is 1. The zero-order chi connectivity index (χ0) is 17.3. The van der Waals surface area contributed by atoms with Crippen LogP contribution in [0.5, 0.6) is 5.75 Å². The normalized spacial score (nSPS) is 10.8. The predicted molar refractivity (Wildman–Crippen MR) is 86.8 cm³/mol. The zero-order valence-corrected chi connectivity index (χ0v) is 13.7. The van der Waals surface area contributed by atoms with Gasteiger partial charge in [-0.1, -0.05) is 24.3 Å². The van der Waals surface area contributed by atoms with Crippen LogP contribution in [0.4, 0.5) is 4.39 Å². The summed E-state index contributed by atoms with van der Waals surface area (Å²) in [6.45, 7) is 3.57. The maximum Gasteiger partial charge on any atom is 0.368 e. The Morgan fingerprint density at radius 1 is 1.12 bits per heavy atom. The molecular formula is C17H17FN4O2. The van der Waals surface area contributed by atoms with Crippen molar-refractivity contribution < 1.29 is 9.13 Å². The highest BCUT2D eigenvalue weighted by Crippen LogP contribution is 2.24. The number of benzene rings is 2. The third kappa shape index (κ3) is 2.80. The molecule has 0 bridgehead atoms. The first-order valence-electron chi connectivity index (χ1n) is 7.45. The van der Waals surface area contributed by atoms with Crippen LogP contribution in [0.3, 0.4) is 0 Å². The molecule has 0 fully saturated rings. The average Bonchev–Trinajstić information content (AvgIpc) is 2.92. The highest BCUT2D eigenvalue weighted by Gasteiger charge is 2.12. The standard InChI is InChI=1S/C17H17FN4O2/c1-11-8-9-15(12(2)16(11)18)24-10-13-6-4-5-7-14(13)22-17(23)21(3)19-20-22/h4-9H,10H2,1-3H3. The Morgan fingerprint density at radius 2 is 1.88 bits per heavy atom. The highest BCUT2D eigenvalue weighted by molar-refractivity contribution is 5.41. The van der Waals surface area contributed by atoms with Gasteiger partial charge in [0.2, 0.25) is 0 Å². The van der Waals surface area contributed by atoms with Gasteiger partial charge in [0.25, 0.3) is 0 Å². The number of halogens is 1. The van der Waals surface area contributed by atoms with Gasteiger partial charge >= 0.3 is 5.69 Å². The topological polar surface area (TPSA) is 61.9 Å². The van der Waals surface area contributed by atoms with Crippen LogP contribution in [0.15, 0.2) is 41.2 Å². The molecule has 24 heavy (non-hydrogen) atoms. The van der Waals surface area contributed by atoms with E-state index >= 15 is 0 Å². The van der Waals surface area contributed by atoms with E-state index in [9.17, 15) is 9.18 Å². The number of hydrogen-bond acceptors (Lipinski definition) is 4. The molecule has 0 N–H and O–H groups in total. The number of aromatic nitrogens is 4. The van der Waals surface area contributed by atoms with Crippen molar-refractivity contribution in [1.29, 1.82) is 0 Å². The van der Waals surface area contributed by atoms with E-state index in [2.05, 4.69) is 10.4 Å². The summed E-state index contributed by atoms with van der Waals surface area (Å²) < 4.78 is 22.1. The van der Waals surface area contributed by atoms with Crippen LogP contribution >= 0.6 is 0 Å². The quantitative estimate of drug-likeness (QED) is 0.737. The Morgan fingerprint density at radius 3 is 2.58 bits per heavy atom. The summed E-state index contributed by atoms with van der Waals surface area (Å²) in [5, 5.41) is 7.56. The van der Waals surface area contributed by atoms with Crippen LogP contribution in [-0.4, -0.2) is 19.8 Å². The Bertz CT molecular complexity index is 946. The van der Waals surface area contributed by atoms with Crippen molar-refractivity contribution >= 4 is 0 Å². The smallest absolute Gasteiger partial charge is 0.368 e. The zero-order valence-electron chi connectivity index (χ0n) is 13.7. The first-order valence-corrected chi connectivity index (χ1v) is 7.45. The largest absolute Gasteiger partial charge is 0.488 e. The van der Waals surface area contributed by atoms with Gasteiger partial charge in [0.15, 0.2) is 0 Å². The van der Waals surface area contributed by atoms with Crippen molar-refractivity contribution in [3.63, 3.8) is 0 Å². The van der Waals surface area contributed by atoms with Gasteiger partial charge in [0.05, 0.1) is 5.69 Å². The molecule has 0 saturated heterocycles. The second-order valence-electron chi connectivity index (χ2n) is 5.53. The van der Waals surface area contributed by atoms with Gasteiger partial charge in [-0.15, -0.1) is 0 Å². The van der Waals surface area contributed by atoms with Gasteiger partial charge in [0.1, 0.15) is 18.2 Å². The van der Waals surface area contributed by atoms with E-state index in [-0.39, 0.29) is 18.1 Å². The molecule has 0 unspecified atom stereocenters. The molecule has 0 amide bonds. The first kappa shape index (κ1) is 15.9. The maximum atomic E-state index is 14.0. The number of aryl methyl sites for hydroxylation is 2. The summed E-state index contributed by atoms with van der Waals surface area (Å²) in [7, 11) is 1.53. The third-order valence-electron chi connectivity index (χ3n) is 3.85. The van der Waals surface area contributed by atoms with Gasteiger partial charge in [-0.2, -0.15) is 9.36 Å². The molecule has 0 aliphatic heterocycles. The second kappa shape index (κ2) is 6.27. The molecule has 3 rings (SSSR count). The van der Waals surface area contributed by atoms with E-state index in [4.69, 9.17) is 4.74 Å². The summed E-state index contributed by atoms with van der Waals surface area (Å²) in [6.07, 6.45) is 0. The minimum Gasteiger partial charge on any atom is -0.488 e. The van der Waals surface area contributed by atoms with Crippen molar-refractivity contribution in [3.8, 4) is 11.4 Å². The Balaban J connectivity index is 1.91. The molecule has 1 heterocycles. The maximum absolute atomic E-state index is 14.0. The van der Waals surface area contributed by atoms with E-state index in [0.29, 0.717) is 22.6 Å². The van der Waals surface area contributed by atoms with E-state index < -0.39 is 0 Å². The fourth-order valence-corrected chi connectivity index (χ4v) is 2.42. The molecule has 0 saturated carbocycles. The fourth-order valence-electron chi connectivity index (χ4n) is 2.42. The molecule has 0 aliphatic rings. The van der Waals surface area contributed by atoms with Gasteiger partial charge < -0.3 is 4.74 Å². The summed E-state index contributed by atoms with van der Waals surface area (Å²) in [5.74, 6) is 0.199. The van der Waals surface area contributed by atoms with Crippen LogP contribution in [0, 0.1) is 19.7 Å². The molecule has 0 aliphatic carbocycles. The molecule has 0 spiro atoms. The van der Waals surface area contributed by atoms with Crippen LogP contribution < -0.4 is 10.4 Å². The number of rotatable bonds is 4. The molecule has 1 aromatic heterocycles. The van der Waals surface area contributed by atoms with Crippen molar-refractivity contribution in [2.45, 2.75) is 20.5 Å². The summed E-state index contributed by atoms with van der Waals surface area (Å²) in [4.78, 5) is 12.0. The lowest BCUT2D eigenvalue weighted by atomic mass is 10.1. The highest BCUT2D eigenvalue weighted by atomic mass is 19.1. The monoisotopic (exact) mass is 328 g/mol. The molecular weight excluding hydrogens is 311 g/mol. The van der Waals surface area contributed by atoms with Gasteiger partial charge in [0, 0.05) is 18.2 Å². The Labute approximate surface area is 138 Å². The predicted octanol–water partition coefficient (Wildman–Crippen LogP) is 2.30. The molecule has 3 aromatic rings. The molecule has 124 valence electrons. The molecule has 7 heteroatoms. The van der Waals surface area contributed by atoms with E-state index in [1.807, 2.05) is 12.1 Å². The number of ether oxygens (including phenoxy) is 1. The van der Waals surface area contributed by atoms with Crippen LogP contribution in [0.25, 0.3) is 5.69 Å². The van der Waals surface area contributed by atoms with Gasteiger partial charge in [-0.3, -0.25) is 0 Å². The number of hydrogen-bond donors (Lipinski definition) is 0. The van der Waals surface area contributed by atoms with Gasteiger partial charge in [-0.25, -0.2) is 9.18 Å². The van der Waals surface area contributed by atoms with Crippen LogP contribution in [-0.2, 0) is 13.7 Å². The lowest BCUT2D eigenvalue weighted by Gasteiger charge is -2.13. The lowest BCUT2D eigenvalue weighted by molar-refractivity contribution is 0.301. The van der Waals surface area contributed by atoms with Crippen molar-refractivity contribution in [1.82, 2.24) is 19.8 Å². The molecule has 0 radical (unpaired) electrons.